The molecule has 188 valence electrons. The van der Waals surface area contributed by atoms with Gasteiger partial charge in [-0.25, -0.2) is 0 Å². The van der Waals surface area contributed by atoms with Crippen LogP contribution in [0.15, 0.2) is 42.5 Å². The minimum atomic E-state index is -0.490. The summed E-state index contributed by atoms with van der Waals surface area (Å²) in [6.45, 7) is 0.363. The van der Waals surface area contributed by atoms with Crippen LogP contribution in [0.1, 0.15) is 18.4 Å². The van der Waals surface area contributed by atoms with E-state index in [1.165, 1.54) is 18.9 Å². The summed E-state index contributed by atoms with van der Waals surface area (Å²) in [5.41, 5.74) is 0.945. The predicted molar refractivity (Wildman–Crippen MR) is 134 cm³/mol. The third kappa shape index (κ3) is 8.08. The van der Waals surface area contributed by atoms with Crippen LogP contribution in [0.5, 0.6) is 17.2 Å². The summed E-state index contributed by atoms with van der Waals surface area (Å²) in [7, 11) is 4.64. The van der Waals surface area contributed by atoms with Crippen molar-refractivity contribution < 1.29 is 28.6 Å². The largest absolute Gasteiger partial charge is 0.497 e. The highest BCUT2D eigenvalue weighted by atomic mass is 32.2. The van der Waals surface area contributed by atoms with Crippen molar-refractivity contribution in [3.05, 3.63) is 48.0 Å². The first-order valence-electron chi connectivity index (χ1n) is 11.0. The van der Waals surface area contributed by atoms with Gasteiger partial charge in [0, 0.05) is 31.5 Å². The summed E-state index contributed by atoms with van der Waals surface area (Å²) >= 11 is 1.23. The number of carbonyl (C=O) groups is 3. The van der Waals surface area contributed by atoms with E-state index in [4.69, 9.17) is 14.2 Å². The summed E-state index contributed by atoms with van der Waals surface area (Å²) in [5, 5.41) is 11.7. The summed E-state index contributed by atoms with van der Waals surface area (Å²) < 4.78 is 15.6. The second-order valence-electron chi connectivity index (χ2n) is 7.77. The first-order chi connectivity index (χ1) is 16.9. The van der Waals surface area contributed by atoms with Crippen molar-refractivity contribution >= 4 is 35.2 Å². The molecule has 1 aliphatic heterocycles. The molecule has 1 saturated heterocycles. The molecular weight excluding hydrogens is 472 g/mol. The van der Waals surface area contributed by atoms with E-state index in [0.717, 1.165) is 11.3 Å². The maximum atomic E-state index is 12.5. The Hall–Kier alpha value is -3.44. The Kier molecular flexibility index (Phi) is 9.62. The van der Waals surface area contributed by atoms with E-state index >= 15 is 0 Å². The monoisotopic (exact) mass is 502 g/mol. The van der Waals surface area contributed by atoms with Gasteiger partial charge in [-0.15, -0.1) is 11.8 Å². The first kappa shape index (κ1) is 26.2. The van der Waals surface area contributed by atoms with Crippen LogP contribution in [0.4, 0.5) is 5.69 Å². The SMILES string of the molecule is COc1cccc(CNC(=O)CC2CC(=O)NC(SCC(=O)Nc3ccc(OC)cc3OC)N2)c1. The standard InChI is InChI=1S/C24H30N4O6S/c1-32-17-6-4-5-15(9-17)13-25-21(29)10-16-11-22(30)28-24(26-16)35-14-23(31)27-19-8-7-18(33-2)12-20(19)34-3/h4-9,12,16,24,26H,10-11,13-14H2,1-3H3,(H,25,29)(H,27,31)(H,28,30). The van der Waals surface area contributed by atoms with Gasteiger partial charge in [-0.2, -0.15) is 0 Å². The van der Waals surface area contributed by atoms with E-state index in [1.54, 1.807) is 32.4 Å². The second kappa shape index (κ2) is 12.9. The second-order valence-corrected chi connectivity index (χ2v) is 8.87. The van der Waals surface area contributed by atoms with Gasteiger partial charge in [-0.05, 0) is 29.8 Å². The normalized spacial score (nSPS) is 17.2. The first-order valence-corrected chi connectivity index (χ1v) is 12.0. The predicted octanol–water partition coefficient (Wildman–Crippen LogP) is 1.85. The maximum absolute atomic E-state index is 12.5. The number of nitrogens with one attached hydrogen (secondary N) is 4. The number of rotatable bonds is 11. The number of thioether (sulfide) groups is 1. The summed E-state index contributed by atoms with van der Waals surface area (Å²) in [4.78, 5) is 37.0. The van der Waals surface area contributed by atoms with Crippen molar-refractivity contribution in [3.63, 3.8) is 0 Å². The summed E-state index contributed by atoms with van der Waals surface area (Å²) in [6, 6.07) is 12.2. The fourth-order valence-corrected chi connectivity index (χ4v) is 4.38. The number of carbonyl (C=O) groups excluding carboxylic acids is 3. The number of hydrogen-bond donors (Lipinski definition) is 4. The minimum Gasteiger partial charge on any atom is -0.497 e. The Morgan fingerprint density at radius 2 is 1.80 bits per heavy atom. The molecule has 1 aliphatic rings. The number of anilines is 1. The van der Waals surface area contributed by atoms with Gasteiger partial charge >= 0.3 is 0 Å². The molecular formula is C24H30N4O6S. The minimum absolute atomic E-state index is 0.0852. The number of benzene rings is 2. The molecule has 3 rings (SSSR count). The fourth-order valence-electron chi connectivity index (χ4n) is 3.49. The molecule has 2 aromatic carbocycles. The lowest BCUT2D eigenvalue weighted by Crippen LogP contribution is -2.56. The van der Waals surface area contributed by atoms with Gasteiger partial charge < -0.3 is 30.2 Å². The quantitative estimate of drug-likeness (QED) is 0.367. The summed E-state index contributed by atoms with van der Waals surface area (Å²) in [5.74, 6) is 1.29. The highest BCUT2D eigenvalue weighted by Gasteiger charge is 2.28. The number of ether oxygens (including phenoxy) is 3. The van der Waals surface area contributed by atoms with E-state index in [9.17, 15) is 14.4 Å². The van der Waals surface area contributed by atoms with Crippen LogP contribution in [-0.4, -0.2) is 56.3 Å². The van der Waals surface area contributed by atoms with E-state index in [0.29, 0.717) is 23.7 Å². The zero-order valence-electron chi connectivity index (χ0n) is 19.9. The summed E-state index contributed by atoms with van der Waals surface area (Å²) in [6.07, 6.45) is 0.322. The van der Waals surface area contributed by atoms with E-state index < -0.39 is 5.50 Å². The lowest BCUT2D eigenvalue weighted by atomic mass is 10.1. The zero-order chi connectivity index (χ0) is 25.2. The van der Waals surface area contributed by atoms with Gasteiger partial charge in [0.05, 0.1) is 32.8 Å². The van der Waals surface area contributed by atoms with Crippen LogP contribution in [0.25, 0.3) is 0 Å². The maximum Gasteiger partial charge on any atom is 0.234 e. The number of hydrogen-bond acceptors (Lipinski definition) is 8. The fraction of sp³-hybridized carbons (Fsp3) is 0.375. The van der Waals surface area contributed by atoms with Crippen LogP contribution in [0, 0.1) is 0 Å². The highest BCUT2D eigenvalue weighted by Crippen LogP contribution is 2.29. The highest BCUT2D eigenvalue weighted by molar-refractivity contribution is 8.00. The van der Waals surface area contributed by atoms with Crippen molar-refractivity contribution in [2.24, 2.45) is 0 Å². The number of amides is 3. The van der Waals surface area contributed by atoms with Gasteiger partial charge in [-0.3, -0.25) is 19.7 Å². The molecule has 2 aromatic rings. The lowest BCUT2D eigenvalue weighted by molar-refractivity contribution is -0.125. The molecule has 2 unspecified atom stereocenters. The van der Waals surface area contributed by atoms with Crippen molar-refractivity contribution in [3.8, 4) is 17.2 Å². The van der Waals surface area contributed by atoms with Crippen molar-refractivity contribution in [1.82, 2.24) is 16.0 Å². The average Bonchev–Trinajstić information content (AvgIpc) is 2.86. The van der Waals surface area contributed by atoms with E-state index in [1.807, 2.05) is 24.3 Å². The molecule has 11 heteroatoms. The number of methoxy groups -OCH3 is 3. The Labute approximate surface area is 208 Å². The van der Waals surface area contributed by atoms with Crippen molar-refractivity contribution in [1.29, 1.82) is 0 Å². The molecule has 0 saturated carbocycles. The van der Waals surface area contributed by atoms with Crippen LogP contribution >= 0.6 is 11.8 Å². The molecule has 0 aromatic heterocycles. The van der Waals surface area contributed by atoms with E-state index in [-0.39, 0.29) is 42.4 Å². The molecule has 1 fully saturated rings. The van der Waals surface area contributed by atoms with Crippen molar-refractivity contribution in [2.75, 3.05) is 32.4 Å². The third-order valence-electron chi connectivity index (χ3n) is 5.23. The smallest absolute Gasteiger partial charge is 0.234 e. The molecule has 0 aliphatic carbocycles. The van der Waals surface area contributed by atoms with Crippen LogP contribution in [0.2, 0.25) is 0 Å². The molecule has 2 atom stereocenters. The van der Waals surface area contributed by atoms with Gasteiger partial charge in [0.15, 0.2) is 0 Å². The third-order valence-corrected chi connectivity index (χ3v) is 6.25. The Morgan fingerprint density at radius 1 is 1.03 bits per heavy atom. The van der Waals surface area contributed by atoms with Gasteiger partial charge in [0.25, 0.3) is 0 Å². The van der Waals surface area contributed by atoms with Crippen LogP contribution in [-0.2, 0) is 20.9 Å². The molecule has 0 bridgehead atoms. The van der Waals surface area contributed by atoms with E-state index in [2.05, 4.69) is 21.3 Å². The van der Waals surface area contributed by atoms with Crippen molar-refractivity contribution in [2.45, 2.75) is 30.9 Å². The average molecular weight is 503 g/mol. The Balaban J connectivity index is 1.46. The van der Waals surface area contributed by atoms with Gasteiger partial charge in [0.1, 0.15) is 22.7 Å². The molecule has 4 N–H and O–H groups in total. The zero-order valence-corrected chi connectivity index (χ0v) is 20.7. The van der Waals surface area contributed by atoms with Gasteiger partial charge in [-0.1, -0.05) is 12.1 Å². The van der Waals surface area contributed by atoms with Gasteiger partial charge in [0.2, 0.25) is 17.7 Å². The molecule has 0 radical (unpaired) electrons. The molecule has 3 amide bonds. The van der Waals surface area contributed by atoms with Crippen LogP contribution in [0.3, 0.4) is 0 Å². The lowest BCUT2D eigenvalue weighted by Gasteiger charge is -2.30. The molecule has 10 nitrogen and oxygen atoms in total. The molecule has 0 spiro atoms. The van der Waals surface area contributed by atoms with Crippen LogP contribution < -0.4 is 35.5 Å². The molecule has 1 heterocycles. The Bertz CT molecular complexity index is 1050. The Morgan fingerprint density at radius 3 is 2.54 bits per heavy atom. The molecule has 35 heavy (non-hydrogen) atoms. The topological polar surface area (TPSA) is 127 Å².